The molecule has 14 heavy (non-hydrogen) atoms. The molecule has 0 spiro atoms. The molecule has 1 heterocycles. The van der Waals surface area contributed by atoms with Crippen molar-refractivity contribution in [3.8, 4) is 0 Å². The number of pyridine rings is 1. The van der Waals surface area contributed by atoms with Gasteiger partial charge in [-0.3, -0.25) is 4.98 Å². The minimum Gasteiger partial charge on any atom is -0.261 e. The van der Waals surface area contributed by atoms with Crippen molar-refractivity contribution < 1.29 is 8.42 Å². The Morgan fingerprint density at radius 1 is 1.43 bits per heavy atom. The molecule has 0 fully saturated rings. The molecule has 0 aliphatic carbocycles. The summed E-state index contributed by atoms with van der Waals surface area (Å²) in [5.74, 6) is 0. The monoisotopic (exact) mass is 214 g/mol. The van der Waals surface area contributed by atoms with Crippen LogP contribution in [-0.4, -0.2) is 19.9 Å². The summed E-state index contributed by atoms with van der Waals surface area (Å²) in [6.07, 6.45) is 2.25. The molecule has 78 valence electrons. The van der Waals surface area contributed by atoms with Crippen molar-refractivity contribution in [1.29, 1.82) is 0 Å². The first-order valence-corrected chi connectivity index (χ1v) is 6.03. The lowest BCUT2D eigenvalue weighted by Crippen LogP contribution is -2.23. The molecule has 1 N–H and O–H groups in total. The van der Waals surface area contributed by atoms with Crippen LogP contribution in [0.3, 0.4) is 0 Å². The highest BCUT2D eigenvalue weighted by Crippen LogP contribution is 2.09. The maximum atomic E-state index is 11.6. The van der Waals surface area contributed by atoms with Gasteiger partial charge in [0.25, 0.3) is 0 Å². The van der Waals surface area contributed by atoms with Gasteiger partial charge in [-0.25, -0.2) is 13.1 Å². The van der Waals surface area contributed by atoms with Crippen LogP contribution >= 0.6 is 0 Å². The van der Waals surface area contributed by atoms with Crippen molar-refractivity contribution in [2.45, 2.75) is 25.2 Å². The summed E-state index contributed by atoms with van der Waals surface area (Å²) in [5.41, 5.74) is 0.781. The van der Waals surface area contributed by atoms with E-state index in [4.69, 9.17) is 0 Å². The highest BCUT2D eigenvalue weighted by atomic mass is 32.2. The van der Waals surface area contributed by atoms with Crippen LogP contribution in [0.25, 0.3) is 0 Å². The number of hydrogen-bond acceptors (Lipinski definition) is 3. The van der Waals surface area contributed by atoms with Gasteiger partial charge in [0.1, 0.15) is 0 Å². The molecule has 0 aromatic carbocycles. The normalized spacial score (nSPS) is 11.6. The Labute approximate surface area is 84.4 Å². The van der Waals surface area contributed by atoms with Gasteiger partial charge in [0, 0.05) is 18.4 Å². The van der Waals surface area contributed by atoms with Crippen LogP contribution in [0.1, 0.15) is 19.5 Å². The van der Waals surface area contributed by atoms with E-state index in [1.54, 1.807) is 13.0 Å². The third-order valence-corrected chi connectivity index (χ3v) is 3.34. The maximum absolute atomic E-state index is 11.6. The van der Waals surface area contributed by atoms with Crippen LogP contribution in [0, 0.1) is 0 Å². The molecule has 0 saturated carbocycles. The molecular formula is C9H14N2O2S. The molecule has 0 bridgehead atoms. The predicted octanol–water partition coefficient (Wildman–Crippen LogP) is 0.942. The first kappa shape index (κ1) is 11.1. The largest absolute Gasteiger partial charge is 0.261 e. The van der Waals surface area contributed by atoms with E-state index in [0.29, 0.717) is 6.54 Å². The number of sulfonamides is 1. The second kappa shape index (κ2) is 4.52. The van der Waals surface area contributed by atoms with E-state index >= 15 is 0 Å². The standard InChI is InChI=1S/C9H14N2O2S/c1-3-8-7-9(5-6-10-8)14(12,13)11-4-2/h5-7,11H,3-4H2,1-2H3. The molecular weight excluding hydrogens is 200 g/mol. The number of aromatic nitrogens is 1. The summed E-state index contributed by atoms with van der Waals surface area (Å²) in [7, 11) is -3.33. The van der Waals surface area contributed by atoms with Gasteiger partial charge in [0.05, 0.1) is 4.90 Å². The fourth-order valence-electron chi connectivity index (χ4n) is 1.09. The van der Waals surface area contributed by atoms with Gasteiger partial charge in [-0.15, -0.1) is 0 Å². The molecule has 0 aliphatic rings. The Balaban J connectivity index is 3.07. The van der Waals surface area contributed by atoms with E-state index in [-0.39, 0.29) is 4.90 Å². The Bertz CT molecular complexity index is 401. The minimum atomic E-state index is -3.33. The third kappa shape index (κ3) is 2.52. The lowest BCUT2D eigenvalue weighted by molar-refractivity contribution is 0.583. The van der Waals surface area contributed by atoms with Crippen molar-refractivity contribution >= 4 is 10.0 Å². The predicted molar refractivity (Wildman–Crippen MR) is 54.5 cm³/mol. The Morgan fingerprint density at radius 2 is 2.14 bits per heavy atom. The van der Waals surface area contributed by atoms with E-state index in [1.807, 2.05) is 6.92 Å². The first-order chi connectivity index (χ1) is 6.60. The molecule has 4 nitrogen and oxygen atoms in total. The summed E-state index contributed by atoms with van der Waals surface area (Å²) in [4.78, 5) is 4.32. The van der Waals surface area contributed by atoms with Crippen LogP contribution in [0.15, 0.2) is 23.2 Å². The average Bonchev–Trinajstić information content (AvgIpc) is 2.18. The molecule has 0 amide bonds. The van der Waals surface area contributed by atoms with E-state index in [9.17, 15) is 8.42 Å². The van der Waals surface area contributed by atoms with Gasteiger partial charge in [-0.1, -0.05) is 13.8 Å². The summed E-state index contributed by atoms with van der Waals surface area (Å²) in [5, 5.41) is 0. The summed E-state index contributed by atoms with van der Waals surface area (Å²) >= 11 is 0. The number of nitrogens with zero attached hydrogens (tertiary/aromatic N) is 1. The van der Waals surface area contributed by atoms with Crippen LogP contribution in [-0.2, 0) is 16.4 Å². The zero-order chi connectivity index (χ0) is 10.6. The number of hydrogen-bond donors (Lipinski definition) is 1. The number of nitrogens with one attached hydrogen (secondary N) is 1. The van der Waals surface area contributed by atoms with Gasteiger partial charge < -0.3 is 0 Å². The van der Waals surface area contributed by atoms with Crippen LogP contribution in [0.4, 0.5) is 0 Å². The summed E-state index contributed by atoms with van der Waals surface area (Å²) in [6.45, 7) is 4.08. The quantitative estimate of drug-likeness (QED) is 0.811. The Hall–Kier alpha value is -0.940. The Morgan fingerprint density at radius 3 is 2.71 bits per heavy atom. The van der Waals surface area contributed by atoms with E-state index in [2.05, 4.69) is 9.71 Å². The number of rotatable bonds is 4. The van der Waals surface area contributed by atoms with Crippen molar-refractivity contribution in [2.24, 2.45) is 0 Å². The summed E-state index contributed by atoms with van der Waals surface area (Å²) in [6, 6.07) is 3.09. The van der Waals surface area contributed by atoms with Crippen molar-refractivity contribution in [3.63, 3.8) is 0 Å². The zero-order valence-electron chi connectivity index (χ0n) is 8.32. The second-order valence-corrected chi connectivity index (χ2v) is 4.60. The smallest absolute Gasteiger partial charge is 0.240 e. The topological polar surface area (TPSA) is 59.1 Å². The van der Waals surface area contributed by atoms with E-state index in [1.165, 1.54) is 12.3 Å². The fraction of sp³-hybridized carbons (Fsp3) is 0.444. The number of aryl methyl sites for hydroxylation is 1. The van der Waals surface area contributed by atoms with E-state index < -0.39 is 10.0 Å². The minimum absolute atomic E-state index is 0.284. The highest BCUT2D eigenvalue weighted by molar-refractivity contribution is 7.89. The van der Waals surface area contributed by atoms with Crippen LogP contribution in [0.5, 0.6) is 0 Å². The molecule has 0 unspecified atom stereocenters. The lowest BCUT2D eigenvalue weighted by atomic mass is 10.3. The van der Waals surface area contributed by atoms with Crippen LogP contribution in [0.2, 0.25) is 0 Å². The average molecular weight is 214 g/mol. The molecule has 0 saturated heterocycles. The van der Waals surface area contributed by atoms with Crippen molar-refractivity contribution in [2.75, 3.05) is 6.54 Å². The molecule has 1 rings (SSSR count). The van der Waals surface area contributed by atoms with Crippen LogP contribution < -0.4 is 4.72 Å². The van der Waals surface area contributed by atoms with Gasteiger partial charge in [-0.05, 0) is 18.6 Å². The lowest BCUT2D eigenvalue weighted by Gasteiger charge is -2.04. The molecule has 5 heteroatoms. The van der Waals surface area contributed by atoms with Gasteiger partial charge in [0.15, 0.2) is 0 Å². The summed E-state index contributed by atoms with van der Waals surface area (Å²) < 4.78 is 25.6. The van der Waals surface area contributed by atoms with Gasteiger partial charge in [-0.2, -0.15) is 0 Å². The zero-order valence-corrected chi connectivity index (χ0v) is 9.13. The third-order valence-electron chi connectivity index (χ3n) is 1.79. The van der Waals surface area contributed by atoms with Crippen molar-refractivity contribution in [3.05, 3.63) is 24.0 Å². The molecule has 0 aliphatic heterocycles. The first-order valence-electron chi connectivity index (χ1n) is 4.54. The fourth-order valence-corrected chi connectivity index (χ4v) is 2.17. The molecule has 0 radical (unpaired) electrons. The second-order valence-electron chi connectivity index (χ2n) is 2.84. The molecule has 1 aromatic rings. The van der Waals surface area contributed by atoms with Gasteiger partial charge in [0.2, 0.25) is 10.0 Å². The SMILES string of the molecule is CCNS(=O)(=O)c1ccnc(CC)c1. The Kier molecular flexibility index (Phi) is 3.60. The van der Waals surface area contributed by atoms with E-state index in [0.717, 1.165) is 12.1 Å². The maximum Gasteiger partial charge on any atom is 0.240 e. The van der Waals surface area contributed by atoms with Crippen molar-refractivity contribution in [1.82, 2.24) is 9.71 Å². The molecule has 1 aromatic heterocycles. The van der Waals surface area contributed by atoms with Gasteiger partial charge >= 0.3 is 0 Å². The molecule has 0 atom stereocenters. The highest BCUT2D eigenvalue weighted by Gasteiger charge is 2.12.